The van der Waals surface area contributed by atoms with Gasteiger partial charge in [-0.3, -0.25) is 4.79 Å². The van der Waals surface area contributed by atoms with E-state index in [1.54, 1.807) is 6.92 Å². The monoisotopic (exact) mass is 256 g/mol. The van der Waals surface area contributed by atoms with Crippen LogP contribution in [0.5, 0.6) is 5.75 Å². The number of benzene rings is 1. The van der Waals surface area contributed by atoms with E-state index in [0.717, 1.165) is 12.1 Å². The number of carbonyl (C=O) groups excluding carboxylic acids is 1. The lowest BCUT2D eigenvalue weighted by Gasteiger charge is -2.07. The summed E-state index contributed by atoms with van der Waals surface area (Å²) < 4.78 is 36.4. The Morgan fingerprint density at radius 1 is 1.39 bits per heavy atom. The van der Waals surface area contributed by atoms with E-state index in [0.29, 0.717) is 13.0 Å². The number of halogens is 2. The van der Waals surface area contributed by atoms with Crippen LogP contribution in [0.4, 0.5) is 8.78 Å². The van der Waals surface area contributed by atoms with E-state index >= 15 is 0 Å². The largest absolute Gasteiger partial charge is 0.487 e. The molecule has 2 atom stereocenters. The van der Waals surface area contributed by atoms with Gasteiger partial charge in [0.1, 0.15) is 0 Å². The van der Waals surface area contributed by atoms with Crippen molar-refractivity contribution in [2.24, 2.45) is 11.8 Å². The Labute approximate surface area is 104 Å². The van der Waals surface area contributed by atoms with Gasteiger partial charge in [-0.1, -0.05) is 6.07 Å². The van der Waals surface area contributed by atoms with Crippen molar-refractivity contribution in [2.75, 3.05) is 13.2 Å². The van der Waals surface area contributed by atoms with Gasteiger partial charge in [-0.25, -0.2) is 8.78 Å². The van der Waals surface area contributed by atoms with Gasteiger partial charge in [0.2, 0.25) is 0 Å². The highest BCUT2D eigenvalue weighted by atomic mass is 19.1. The Hall–Kier alpha value is -1.65. The maximum absolute atomic E-state index is 13.2. The second kappa shape index (κ2) is 5.33. The summed E-state index contributed by atoms with van der Waals surface area (Å²) >= 11 is 0. The number of esters is 1. The molecule has 3 nitrogen and oxygen atoms in total. The van der Waals surface area contributed by atoms with Gasteiger partial charge in [0.15, 0.2) is 17.4 Å². The molecule has 0 aliphatic heterocycles. The van der Waals surface area contributed by atoms with Crippen LogP contribution >= 0.6 is 0 Å². The minimum absolute atomic E-state index is 0.0111. The van der Waals surface area contributed by atoms with Crippen LogP contribution in [0.2, 0.25) is 0 Å². The van der Waals surface area contributed by atoms with Gasteiger partial charge in [0, 0.05) is 5.92 Å². The Morgan fingerprint density at radius 3 is 2.67 bits per heavy atom. The van der Waals surface area contributed by atoms with Gasteiger partial charge in [0.05, 0.1) is 19.1 Å². The summed E-state index contributed by atoms with van der Waals surface area (Å²) in [5.74, 6) is -2.32. The third kappa shape index (κ3) is 2.78. The molecule has 0 N–H and O–H groups in total. The molecule has 98 valence electrons. The SMILES string of the molecule is CCOC(=O)C1CC1COc1c(F)cccc1F. The maximum Gasteiger partial charge on any atom is 0.309 e. The average molecular weight is 256 g/mol. The van der Waals surface area contributed by atoms with Crippen molar-refractivity contribution in [3.63, 3.8) is 0 Å². The molecule has 0 saturated heterocycles. The van der Waals surface area contributed by atoms with Crippen LogP contribution in [-0.4, -0.2) is 19.2 Å². The van der Waals surface area contributed by atoms with Crippen molar-refractivity contribution in [3.05, 3.63) is 29.8 Å². The van der Waals surface area contributed by atoms with Crippen LogP contribution in [0.15, 0.2) is 18.2 Å². The fraction of sp³-hybridized carbons (Fsp3) is 0.462. The van der Waals surface area contributed by atoms with Gasteiger partial charge < -0.3 is 9.47 Å². The first-order valence-corrected chi connectivity index (χ1v) is 5.87. The molecule has 0 heterocycles. The molecule has 5 heteroatoms. The van der Waals surface area contributed by atoms with Crippen molar-refractivity contribution in [2.45, 2.75) is 13.3 Å². The third-order valence-electron chi connectivity index (χ3n) is 2.87. The maximum atomic E-state index is 13.2. The first kappa shape index (κ1) is 12.8. The Bertz CT molecular complexity index is 428. The Kier molecular flexibility index (Phi) is 3.79. The van der Waals surface area contributed by atoms with Crippen LogP contribution in [0.3, 0.4) is 0 Å². The average Bonchev–Trinajstić information content (AvgIpc) is 3.08. The molecule has 1 aliphatic carbocycles. The summed E-state index contributed by atoms with van der Waals surface area (Å²) in [5, 5.41) is 0. The van der Waals surface area contributed by atoms with E-state index < -0.39 is 11.6 Å². The molecule has 0 radical (unpaired) electrons. The molecule has 2 rings (SSSR count). The van der Waals surface area contributed by atoms with E-state index in [4.69, 9.17) is 9.47 Å². The van der Waals surface area contributed by atoms with Crippen LogP contribution < -0.4 is 4.74 Å². The van der Waals surface area contributed by atoms with E-state index in [1.165, 1.54) is 6.07 Å². The van der Waals surface area contributed by atoms with Crippen LogP contribution in [-0.2, 0) is 9.53 Å². The number of rotatable bonds is 5. The predicted molar refractivity (Wildman–Crippen MR) is 60.1 cm³/mol. The van der Waals surface area contributed by atoms with Crippen molar-refractivity contribution in [3.8, 4) is 5.75 Å². The number of ether oxygens (including phenoxy) is 2. The molecular weight excluding hydrogens is 242 g/mol. The Balaban J connectivity index is 1.85. The molecule has 1 saturated carbocycles. The zero-order valence-corrected chi connectivity index (χ0v) is 9.99. The van der Waals surface area contributed by atoms with E-state index in [9.17, 15) is 13.6 Å². The number of carbonyl (C=O) groups is 1. The molecule has 18 heavy (non-hydrogen) atoms. The van der Waals surface area contributed by atoms with Crippen molar-refractivity contribution < 1.29 is 23.0 Å². The van der Waals surface area contributed by atoms with Gasteiger partial charge in [-0.15, -0.1) is 0 Å². The number of hydrogen-bond acceptors (Lipinski definition) is 3. The number of para-hydroxylation sites is 1. The topological polar surface area (TPSA) is 35.5 Å². The lowest BCUT2D eigenvalue weighted by atomic mass is 10.3. The molecule has 1 fully saturated rings. The van der Waals surface area contributed by atoms with E-state index in [-0.39, 0.29) is 30.2 Å². The summed E-state index contributed by atoms with van der Waals surface area (Å²) in [6.07, 6.45) is 0.648. The van der Waals surface area contributed by atoms with Gasteiger partial charge >= 0.3 is 5.97 Å². The van der Waals surface area contributed by atoms with Crippen molar-refractivity contribution in [1.82, 2.24) is 0 Å². The van der Waals surface area contributed by atoms with Gasteiger partial charge in [-0.05, 0) is 25.5 Å². The van der Waals surface area contributed by atoms with E-state index in [1.807, 2.05) is 0 Å². The minimum atomic E-state index is -0.733. The Morgan fingerprint density at radius 2 is 2.06 bits per heavy atom. The molecule has 0 spiro atoms. The summed E-state index contributed by atoms with van der Waals surface area (Å²) in [6, 6.07) is 3.54. The standard InChI is InChI=1S/C13H14F2O3/c1-2-17-13(16)9-6-8(9)7-18-12-10(14)4-3-5-11(12)15/h3-5,8-9H,2,6-7H2,1H3. The summed E-state index contributed by atoms with van der Waals surface area (Å²) in [5.41, 5.74) is 0. The summed E-state index contributed by atoms with van der Waals surface area (Å²) in [4.78, 5) is 11.3. The van der Waals surface area contributed by atoms with Crippen LogP contribution in [0, 0.1) is 23.5 Å². The number of hydrogen-bond donors (Lipinski definition) is 0. The third-order valence-corrected chi connectivity index (χ3v) is 2.87. The first-order chi connectivity index (χ1) is 8.63. The molecule has 0 amide bonds. The second-order valence-electron chi connectivity index (χ2n) is 4.22. The van der Waals surface area contributed by atoms with Crippen molar-refractivity contribution >= 4 is 5.97 Å². The smallest absolute Gasteiger partial charge is 0.309 e. The fourth-order valence-electron chi connectivity index (χ4n) is 1.78. The quantitative estimate of drug-likeness (QED) is 0.759. The molecule has 1 aromatic rings. The predicted octanol–water partition coefficient (Wildman–Crippen LogP) is 2.54. The zero-order valence-electron chi connectivity index (χ0n) is 9.99. The molecule has 1 aromatic carbocycles. The lowest BCUT2D eigenvalue weighted by Crippen LogP contribution is -2.11. The molecule has 0 aromatic heterocycles. The fourth-order valence-corrected chi connectivity index (χ4v) is 1.78. The zero-order chi connectivity index (χ0) is 13.1. The first-order valence-electron chi connectivity index (χ1n) is 5.87. The van der Waals surface area contributed by atoms with Crippen LogP contribution in [0.1, 0.15) is 13.3 Å². The van der Waals surface area contributed by atoms with Crippen molar-refractivity contribution in [1.29, 1.82) is 0 Å². The summed E-state index contributed by atoms with van der Waals surface area (Å²) in [7, 11) is 0. The van der Waals surface area contributed by atoms with Gasteiger partial charge in [0.25, 0.3) is 0 Å². The highest BCUT2D eigenvalue weighted by molar-refractivity contribution is 5.75. The molecule has 0 bridgehead atoms. The van der Waals surface area contributed by atoms with Gasteiger partial charge in [-0.2, -0.15) is 0 Å². The molecular formula is C13H14F2O3. The molecule has 1 aliphatic rings. The minimum Gasteiger partial charge on any atom is -0.487 e. The highest BCUT2D eigenvalue weighted by Gasteiger charge is 2.44. The molecule has 2 unspecified atom stereocenters. The highest BCUT2D eigenvalue weighted by Crippen LogP contribution is 2.40. The lowest BCUT2D eigenvalue weighted by molar-refractivity contribution is -0.145. The normalized spacial score (nSPS) is 21.5. The second-order valence-corrected chi connectivity index (χ2v) is 4.22. The van der Waals surface area contributed by atoms with E-state index in [2.05, 4.69) is 0 Å². The van der Waals surface area contributed by atoms with Crippen LogP contribution in [0.25, 0.3) is 0 Å². The summed E-state index contributed by atoms with van der Waals surface area (Å²) in [6.45, 7) is 2.20.